The van der Waals surface area contributed by atoms with Crippen LogP contribution in [-0.2, 0) is 11.2 Å². The third-order valence-electron chi connectivity index (χ3n) is 5.01. The lowest BCUT2D eigenvalue weighted by atomic mass is 10.1. The summed E-state index contributed by atoms with van der Waals surface area (Å²) in [6.45, 7) is 2.63. The maximum atomic E-state index is 13.2. The van der Waals surface area contributed by atoms with Crippen molar-refractivity contribution in [3.63, 3.8) is 0 Å². The highest BCUT2D eigenvalue weighted by Crippen LogP contribution is 2.25. The van der Waals surface area contributed by atoms with Crippen LogP contribution < -0.4 is 10.2 Å². The number of carbonyl (C=O) groups is 2. The molecule has 0 atom stereocenters. The van der Waals surface area contributed by atoms with Crippen molar-refractivity contribution < 1.29 is 14.0 Å². The Hall–Kier alpha value is -3.48. The van der Waals surface area contributed by atoms with Gasteiger partial charge in [0.05, 0.1) is 23.1 Å². The molecule has 0 aliphatic carbocycles. The minimum atomic E-state index is -0.326. The van der Waals surface area contributed by atoms with Crippen molar-refractivity contribution in [1.29, 1.82) is 0 Å². The van der Waals surface area contributed by atoms with Crippen LogP contribution in [0.3, 0.4) is 0 Å². The Labute approximate surface area is 167 Å². The van der Waals surface area contributed by atoms with Crippen molar-refractivity contribution in [3.05, 3.63) is 71.8 Å². The summed E-state index contributed by atoms with van der Waals surface area (Å²) in [7, 11) is 0. The van der Waals surface area contributed by atoms with E-state index in [1.54, 1.807) is 33.8 Å². The minimum absolute atomic E-state index is 0.0994. The van der Waals surface area contributed by atoms with Crippen LogP contribution in [0, 0.1) is 5.82 Å². The Morgan fingerprint density at radius 2 is 1.97 bits per heavy atom. The van der Waals surface area contributed by atoms with Gasteiger partial charge in [-0.3, -0.25) is 9.59 Å². The normalized spacial score (nSPS) is 13.7. The molecule has 0 saturated carbocycles. The molecule has 1 aliphatic heterocycles. The summed E-state index contributed by atoms with van der Waals surface area (Å²) in [6, 6.07) is 13.2. The molecule has 148 valence electrons. The van der Waals surface area contributed by atoms with Crippen LogP contribution in [0.4, 0.5) is 15.8 Å². The van der Waals surface area contributed by atoms with E-state index in [9.17, 15) is 14.0 Å². The number of halogens is 1. The van der Waals surface area contributed by atoms with Gasteiger partial charge in [-0.1, -0.05) is 13.0 Å². The number of anilines is 2. The molecule has 1 fully saturated rings. The fraction of sp³-hybridized carbons (Fsp3) is 0.227. The van der Waals surface area contributed by atoms with E-state index in [0.29, 0.717) is 36.3 Å². The fourth-order valence-electron chi connectivity index (χ4n) is 3.58. The minimum Gasteiger partial charge on any atom is -0.322 e. The van der Waals surface area contributed by atoms with E-state index in [1.165, 1.54) is 18.3 Å². The molecule has 2 aromatic carbocycles. The molecule has 0 spiro atoms. The molecule has 0 bridgehead atoms. The van der Waals surface area contributed by atoms with Gasteiger partial charge in [-0.05, 0) is 55.3 Å². The van der Waals surface area contributed by atoms with Gasteiger partial charge in [0.25, 0.3) is 5.91 Å². The maximum Gasteiger partial charge on any atom is 0.259 e. The van der Waals surface area contributed by atoms with Crippen molar-refractivity contribution in [1.82, 2.24) is 9.78 Å². The molecule has 4 rings (SSSR count). The number of nitrogens with one attached hydrogen (secondary N) is 1. The molecule has 3 aromatic rings. The zero-order chi connectivity index (χ0) is 20.4. The molecular formula is C22H21FN4O2. The van der Waals surface area contributed by atoms with E-state index in [0.717, 1.165) is 17.8 Å². The first kappa shape index (κ1) is 18.9. The Bertz CT molecular complexity index is 1060. The van der Waals surface area contributed by atoms with Crippen LogP contribution >= 0.6 is 0 Å². The number of hydrogen-bond donors (Lipinski definition) is 1. The zero-order valence-corrected chi connectivity index (χ0v) is 16.1. The van der Waals surface area contributed by atoms with E-state index in [-0.39, 0.29) is 17.6 Å². The number of amides is 2. The molecule has 29 heavy (non-hydrogen) atoms. The first-order valence-corrected chi connectivity index (χ1v) is 9.61. The highest BCUT2D eigenvalue weighted by molar-refractivity contribution is 6.05. The molecule has 0 radical (unpaired) electrons. The number of rotatable bonds is 5. The van der Waals surface area contributed by atoms with Crippen molar-refractivity contribution in [2.45, 2.75) is 26.2 Å². The number of benzene rings is 2. The summed E-state index contributed by atoms with van der Waals surface area (Å²) >= 11 is 0. The van der Waals surface area contributed by atoms with Gasteiger partial charge in [-0.15, -0.1) is 0 Å². The monoisotopic (exact) mass is 392 g/mol. The Kier molecular flexibility index (Phi) is 5.12. The average molecular weight is 392 g/mol. The van der Waals surface area contributed by atoms with Gasteiger partial charge in [0.15, 0.2) is 0 Å². The summed E-state index contributed by atoms with van der Waals surface area (Å²) in [5.74, 6) is -0.504. The van der Waals surface area contributed by atoms with E-state index in [1.807, 2.05) is 19.1 Å². The zero-order valence-electron chi connectivity index (χ0n) is 16.1. The van der Waals surface area contributed by atoms with E-state index >= 15 is 0 Å². The first-order valence-electron chi connectivity index (χ1n) is 9.61. The standard InChI is InChI=1S/C22H21FN4O2/c1-2-20-19(14-24-27(20)17-10-8-15(23)9-11-17)22(29)25-16-5-3-6-18(13-16)26-12-4-7-21(26)28/h3,5-6,8-11,13-14H,2,4,7,12H2,1H3,(H,25,29). The molecule has 2 heterocycles. The molecule has 1 aliphatic rings. The van der Waals surface area contributed by atoms with Crippen LogP contribution in [0.5, 0.6) is 0 Å². The van der Waals surface area contributed by atoms with E-state index in [4.69, 9.17) is 0 Å². The number of aromatic nitrogens is 2. The highest BCUT2D eigenvalue weighted by atomic mass is 19.1. The van der Waals surface area contributed by atoms with Crippen molar-refractivity contribution in [2.24, 2.45) is 0 Å². The summed E-state index contributed by atoms with van der Waals surface area (Å²) in [4.78, 5) is 26.6. The molecular weight excluding hydrogens is 371 g/mol. The van der Waals surface area contributed by atoms with E-state index in [2.05, 4.69) is 10.4 Å². The van der Waals surface area contributed by atoms with Crippen molar-refractivity contribution in [3.8, 4) is 5.69 Å². The number of hydrogen-bond acceptors (Lipinski definition) is 3. The average Bonchev–Trinajstić information content (AvgIpc) is 3.35. The van der Waals surface area contributed by atoms with Crippen LogP contribution in [0.25, 0.3) is 5.69 Å². The smallest absolute Gasteiger partial charge is 0.259 e. The summed E-state index contributed by atoms with van der Waals surface area (Å²) in [5, 5.41) is 7.22. The Morgan fingerprint density at radius 3 is 2.66 bits per heavy atom. The van der Waals surface area contributed by atoms with Gasteiger partial charge >= 0.3 is 0 Å². The number of carbonyl (C=O) groups excluding carboxylic acids is 2. The van der Waals surface area contributed by atoms with Crippen LogP contribution in [-0.4, -0.2) is 28.1 Å². The molecule has 1 saturated heterocycles. The summed E-state index contributed by atoms with van der Waals surface area (Å²) in [5.41, 5.74) is 3.28. The fourth-order valence-corrected chi connectivity index (χ4v) is 3.58. The second-order valence-corrected chi connectivity index (χ2v) is 6.90. The quantitative estimate of drug-likeness (QED) is 0.715. The van der Waals surface area contributed by atoms with Crippen molar-refractivity contribution in [2.75, 3.05) is 16.8 Å². The molecule has 1 aromatic heterocycles. The Balaban J connectivity index is 1.58. The van der Waals surface area contributed by atoms with Gasteiger partial charge in [0.1, 0.15) is 5.82 Å². The first-order chi connectivity index (χ1) is 14.1. The topological polar surface area (TPSA) is 67.2 Å². The van der Waals surface area contributed by atoms with Crippen LogP contribution in [0.15, 0.2) is 54.7 Å². The van der Waals surface area contributed by atoms with Crippen LogP contribution in [0.2, 0.25) is 0 Å². The molecule has 2 amide bonds. The number of nitrogens with zero attached hydrogens (tertiary/aromatic N) is 3. The van der Waals surface area contributed by atoms with Crippen molar-refractivity contribution >= 4 is 23.2 Å². The molecule has 1 N–H and O–H groups in total. The predicted molar refractivity (Wildman–Crippen MR) is 109 cm³/mol. The van der Waals surface area contributed by atoms with Gasteiger partial charge in [-0.25, -0.2) is 9.07 Å². The Morgan fingerprint density at radius 1 is 1.17 bits per heavy atom. The largest absolute Gasteiger partial charge is 0.322 e. The lowest BCUT2D eigenvalue weighted by Gasteiger charge is -2.16. The maximum absolute atomic E-state index is 13.2. The summed E-state index contributed by atoms with van der Waals surface area (Å²) in [6.07, 6.45) is 3.50. The summed E-state index contributed by atoms with van der Waals surface area (Å²) < 4.78 is 14.9. The highest BCUT2D eigenvalue weighted by Gasteiger charge is 2.22. The SMILES string of the molecule is CCc1c(C(=O)Nc2cccc(N3CCCC3=O)c2)cnn1-c1ccc(F)cc1. The van der Waals surface area contributed by atoms with E-state index < -0.39 is 0 Å². The second kappa shape index (κ2) is 7.87. The molecule has 6 nitrogen and oxygen atoms in total. The van der Waals surface area contributed by atoms with Gasteiger partial charge in [-0.2, -0.15) is 5.10 Å². The molecule has 7 heteroatoms. The third kappa shape index (κ3) is 3.76. The lowest BCUT2D eigenvalue weighted by Crippen LogP contribution is -2.23. The van der Waals surface area contributed by atoms with Crippen LogP contribution in [0.1, 0.15) is 35.8 Å². The van der Waals surface area contributed by atoms with Gasteiger partial charge in [0, 0.05) is 24.3 Å². The molecule has 0 unspecified atom stereocenters. The predicted octanol–water partition coefficient (Wildman–Crippen LogP) is 3.95. The third-order valence-corrected chi connectivity index (χ3v) is 5.01. The van der Waals surface area contributed by atoms with Gasteiger partial charge in [0.2, 0.25) is 5.91 Å². The lowest BCUT2D eigenvalue weighted by molar-refractivity contribution is -0.117. The second-order valence-electron chi connectivity index (χ2n) is 6.90. The van der Waals surface area contributed by atoms with Gasteiger partial charge < -0.3 is 10.2 Å².